The van der Waals surface area contributed by atoms with Crippen molar-refractivity contribution in [2.45, 2.75) is 38.7 Å². The predicted octanol–water partition coefficient (Wildman–Crippen LogP) is 4.12. The van der Waals surface area contributed by atoms with E-state index in [0.29, 0.717) is 6.10 Å². The third-order valence-corrected chi connectivity index (χ3v) is 5.54. The molecule has 1 aliphatic rings. The molecule has 2 aromatic rings. The number of halogens is 1. The lowest BCUT2D eigenvalue weighted by Crippen LogP contribution is -2.47. The highest BCUT2D eigenvalue weighted by Crippen LogP contribution is 2.18. The molecule has 1 fully saturated rings. The van der Waals surface area contributed by atoms with Crippen LogP contribution < -0.4 is 10.1 Å². The maximum Gasteiger partial charge on any atom is 0.193 e. The molecule has 1 N–H and O–H groups in total. The van der Waals surface area contributed by atoms with Crippen LogP contribution in [-0.4, -0.2) is 48.6 Å². The average molecular weight is 500 g/mol. The van der Waals surface area contributed by atoms with Crippen LogP contribution in [-0.2, 0) is 6.42 Å². The molecule has 7 heteroatoms. The van der Waals surface area contributed by atoms with Gasteiger partial charge >= 0.3 is 0 Å². The number of para-hydroxylation sites is 1. The van der Waals surface area contributed by atoms with Crippen molar-refractivity contribution in [3.63, 3.8) is 0 Å². The van der Waals surface area contributed by atoms with Crippen LogP contribution in [0.25, 0.3) is 0 Å². The van der Waals surface area contributed by atoms with Gasteiger partial charge in [0.1, 0.15) is 11.9 Å². The Hall–Kier alpha value is -1.35. The number of hydrogen-bond acceptors (Lipinski definition) is 4. The summed E-state index contributed by atoms with van der Waals surface area (Å²) in [4.78, 5) is 11.3. The number of rotatable bonds is 6. The van der Waals surface area contributed by atoms with Gasteiger partial charge in [-0.05, 0) is 25.5 Å². The Kier molecular flexibility index (Phi) is 9.33. The molecule has 27 heavy (non-hydrogen) atoms. The van der Waals surface area contributed by atoms with E-state index in [1.807, 2.05) is 44.3 Å². The number of ether oxygens (including phenoxy) is 1. The van der Waals surface area contributed by atoms with E-state index in [-0.39, 0.29) is 24.0 Å². The minimum atomic E-state index is 0. The first-order chi connectivity index (χ1) is 12.7. The molecule has 0 spiro atoms. The molecule has 2 heterocycles. The molecule has 0 saturated carbocycles. The van der Waals surface area contributed by atoms with Crippen molar-refractivity contribution < 1.29 is 4.74 Å². The molecule has 0 atom stereocenters. The van der Waals surface area contributed by atoms with E-state index in [4.69, 9.17) is 4.74 Å². The van der Waals surface area contributed by atoms with Gasteiger partial charge in [-0.1, -0.05) is 18.2 Å². The van der Waals surface area contributed by atoms with Gasteiger partial charge in [0.25, 0.3) is 0 Å². The first kappa shape index (κ1) is 21.9. The average Bonchev–Trinajstić information content (AvgIpc) is 3.09. The number of nitrogens with one attached hydrogen (secondary N) is 1. The van der Waals surface area contributed by atoms with Gasteiger partial charge in [0.05, 0.1) is 5.01 Å². The summed E-state index contributed by atoms with van der Waals surface area (Å²) in [5.74, 6) is 1.96. The summed E-state index contributed by atoms with van der Waals surface area (Å²) in [6, 6.07) is 10.1. The minimum absolute atomic E-state index is 0. The Morgan fingerprint density at radius 2 is 2.04 bits per heavy atom. The molecule has 1 aromatic heterocycles. The highest BCUT2D eigenvalue weighted by Gasteiger charge is 2.22. The first-order valence-electron chi connectivity index (χ1n) is 9.33. The van der Waals surface area contributed by atoms with Gasteiger partial charge in [-0.15, -0.1) is 35.3 Å². The quantitative estimate of drug-likeness (QED) is 0.281. The van der Waals surface area contributed by atoms with Crippen LogP contribution in [0.3, 0.4) is 0 Å². The van der Waals surface area contributed by atoms with Gasteiger partial charge in [-0.2, -0.15) is 0 Å². The third kappa shape index (κ3) is 6.95. The standard InChI is InChI=1S/C20H28N4OS.HI/c1-16-15-26-19(23-16)9-6-12-22-20(21-2)24-13-10-18(11-14-24)25-17-7-4-3-5-8-17;/h3-5,7-8,15,18H,6,9-14H2,1-2H3,(H,21,22);1H. The van der Waals surface area contributed by atoms with Gasteiger partial charge in [0.15, 0.2) is 5.96 Å². The molecule has 0 aliphatic carbocycles. The van der Waals surface area contributed by atoms with Crippen LogP contribution in [0.2, 0.25) is 0 Å². The maximum absolute atomic E-state index is 6.07. The molecular formula is C20H29IN4OS. The summed E-state index contributed by atoms with van der Waals surface area (Å²) >= 11 is 1.75. The van der Waals surface area contributed by atoms with Crippen molar-refractivity contribution in [3.8, 4) is 5.75 Å². The minimum Gasteiger partial charge on any atom is -0.490 e. The summed E-state index contributed by atoms with van der Waals surface area (Å²) < 4.78 is 6.07. The van der Waals surface area contributed by atoms with Crippen LogP contribution in [0.15, 0.2) is 40.7 Å². The number of aryl methyl sites for hydroxylation is 2. The lowest BCUT2D eigenvalue weighted by Gasteiger charge is -2.34. The number of thiazole rings is 1. The highest BCUT2D eigenvalue weighted by atomic mass is 127. The van der Waals surface area contributed by atoms with Crippen LogP contribution in [0.4, 0.5) is 0 Å². The number of aromatic nitrogens is 1. The van der Waals surface area contributed by atoms with Crippen molar-refractivity contribution in [3.05, 3.63) is 46.4 Å². The van der Waals surface area contributed by atoms with Crippen molar-refractivity contribution in [1.29, 1.82) is 0 Å². The fourth-order valence-electron chi connectivity index (χ4n) is 3.17. The summed E-state index contributed by atoms with van der Waals surface area (Å²) in [5.41, 5.74) is 1.12. The number of hydrogen-bond donors (Lipinski definition) is 1. The number of benzene rings is 1. The van der Waals surface area contributed by atoms with E-state index in [0.717, 1.165) is 62.7 Å². The second-order valence-electron chi connectivity index (χ2n) is 6.58. The van der Waals surface area contributed by atoms with Crippen molar-refractivity contribution in [2.75, 3.05) is 26.7 Å². The molecule has 1 aromatic carbocycles. The largest absolute Gasteiger partial charge is 0.490 e. The lowest BCUT2D eigenvalue weighted by atomic mass is 10.1. The molecule has 1 saturated heterocycles. The van der Waals surface area contributed by atoms with Crippen LogP contribution in [0, 0.1) is 6.92 Å². The predicted molar refractivity (Wildman–Crippen MR) is 124 cm³/mol. The zero-order chi connectivity index (χ0) is 18.2. The van der Waals surface area contributed by atoms with E-state index in [2.05, 4.69) is 25.6 Å². The molecule has 0 amide bonds. The van der Waals surface area contributed by atoms with Gasteiger partial charge in [-0.25, -0.2) is 4.98 Å². The number of guanidine groups is 1. The summed E-state index contributed by atoms with van der Waals surface area (Å²) in [6.07, 6.45) is 4.43. The van der Waals surface area contributed by atoms with Crippen molar-refractivity contribution in [1.82, 2.24) is 15.2 Å². The topological polar surface area (TPSA) is 49.8 Å². The zero-order valence-electron chi connectivity index (χ0n) is 16.1. The maximum atomic E-state index is 6.07. The Labute approximate surface area is 183 Å². The molecule has 0 bridgehead atoms. The molecule has 0 radical (unpaired) electrons. The molecule has 5 nitrogen and oxygen atoms in total. The Bertz CT molecular complexity index is 699. The fourth-order valence-corrected chi connectivity index (χ4v) is 3.98. The smallest absolute Gasteiger partial charge is 0.193 e. The summed E-state index contributed by atoms with van der Waals surface area (Å²) in [7, 11) is 1.86. The Morgan fingerprint density at radius 1 is 1.30 bits per heavy atom. The normalized spacial score (nSPS) is 15.3. The van der Waals surface area contributed by atoms with E-state index >= 15 is 0 Å². The number of likely N-dealkylation sites (tertiary alicyclic amines) is 1. The van der Waals surface area contributed by atoms with Gasteiger partial charge in [0, 0.05) is 57.0 Å². The Balaban J connectivity index is 0.00000261. The lowest BCUT2D eigenvalue weighted by molar-refractivity contribution is 0.129. The number of nitrogens with zero attached hydrogens (tertiary/aromatic N) is 3. The Morgan fingerprint density at radius 3 is 2.67 bits per heavy atom. The van der Waals surface area contributed by atoms with Crippen molar-refractivity contribution >= 4 is 41.3 Å². The van der Waals surface area contributed by atoms with Crippen molar-refractivity contribution in [2.24, 2.45) is 4.99 Å². The molecule has 3 rings (SSSR count). The molecule has 0 unspecified atom stereocenters. The monoisotopic (exact) mass is 500 g/mol. The van der Waals surface area contributed by atoms with E-state index in [9.17, 15) is 0 Å². The van der Waals surface area contributed by atoms with Gasteiger partial charge in [-0.3, -0.25) is 4.99 Å². The second kappa shape index (κ2) is 11.5. The van der Waals surface area contributed by atoms with E-state index in [1.54, 1.807) is 11.3 Å². The van der Waals surface area contributed by atoms with E-state index < -0.39 is 0 Å². The van der Waals surface area contributed by atoms with Crippen LogP contribution in [0.5, 0.6) is 5.75 Å². The summed E-state index contributed by atoms with van der Waals surface area (Å²) in [5, 5.41) is 6.83. The molecular weight excluding hydrogens is 471 g/mol. The van der Waals surface area contributed by atoms with Crippen LogP contribution >= 0.6 is 35.3 Å². The molecule has 1 aliphatic heterocycles. The fraction of sp³-hybridized carbons (Fsp3) is 0.500. The van der Waals surface area contributed by atoms with Gasteiger partial charge < -0.3 is 15.0 Å². The number of piperidine rings is 1. The molecule has 148 valence electrons. The summed E-state index contributed by atoms with van der Waals surface area (Å²) in [6.45, 7) is 4.92. The van der Waals surface area contributed by atoms with Crippen LogP contribution in [0.1, 0.15) is 30.0 Å². The second-order valence-corrected chi connectivity index (χ2v) is 7.52. The van der Waals surface area contributed by atoms with Gasteiger partial charge in [0.2, 0.25) is 0 Å². The zero-order valence-corrected chi connectivity index (χ0v) is 19.2. The highest BCUT2D eigenvalue weighted by molar-refractivity contribution is 14.0. The first-order valence-corrected chi connectivity index (χ1v) is 10.2. The van der Waals surface area contributed by atoms with E-state index in [1.165, 1.54) is 5.01 Å². The third-order valence-electron chi connectivity index (χ3n) is 4.52. The number of aliphatic imine (C=N–C) groups is 1. The SMILES string of the molecule is CN=C(NCCCc1nc(C)cs1)N1CCC(Oc2ccccc2)CC1.I.